The molecule has 1 aliphatic heterocycles. The Morgan fingerprint density at radius 3 is 2.04 bits per heavy atom. The molecule has 2 amide bonds. The van der Waals surface area contributed by atoms with E-state index in [1.54, 1.807) is 29.2 Å². The van der Waals surface area contributed by atoms with Gasteiger partial charge in [0.05, 0.1) is 6.54 Å². The third-order valence-electron chi connectivity index (χ3n) is 8.16. The monoisotopic (exact) mass is 643 g/mol. The average molecular weight is 644 g/mol. The van der Waals surface area contributed by atoms with E-state index >= 15 is 0 Å². The summed E-state index contributed by atoms with van der Waals surface area (Å²) in [5.41, 5.74) is 4.47. The summed E-state index contributed by atoms with van der Waals surface area (Å²) in [6.45, 7) is 7.70. The molecule has 0 radical (unpaired) electrons. The van der Waals surface area contributed by atoms with Gasteiger partial charge < -0.3 is 29.5 Å². The standard InChI is InChI=1S/C36H41N3O8/c1-36(2,3)47-33(41)21-38-16-18-39(19-17-38)32(40)23-45-25-14-12-24(13-15-25)20-31(34(42)43)37-35(44)46-22-30-28-10-6-4-8-26(28)27-9-5-7-11-29(27)30/h4-15,30-31H,16-23H2,1-3H3,(H,37,44)(H,42,43)/t31-/m0/s1. The molecule has 0 spiro atoms. The molecule has 2 aliphatic rings. The highest BCUT2D eigenvalue weighted by Crippen LogP contribution is 2.44. The molecule has 11 heteroatoms. The number of carboxylic acids is 1. The van der Waals surface area contributed by atoms with E-state index in [9.17, 15) is 24.3 Å². The van der Waals surface area contributed by atoms with Crippen molar-refractivity contribution in [1.29, 1.82) is 0 Å². The second-order valence-corrected chi connectivity index (χ2v) is 12.7. The smallest absolute Gasteiger partial charge is 0.407 e. The minimum Gasteiger partial charge on any atom is -0.484 e. The van der Waals surface area contributed by atoms with Crippen molar-refractivity contribution in [2.75, 3.05) is 45.9 Å². The van der Waals surface area contributed by atoms with Gasteiger partial charge in [0.2, 0.25) is 0 Å². The van der Waals surface area contributed by atoms with E-state index in [-0.39, 0.29) is 44.0 Å². The lowest BCUT2D eigenvalue weighted by molar-refractivity contribution is -0.156. The molecule has 11 nitrogen and oxygen atoms in total. The fourth-order valence-corrected chi connectivity index (χ4v) is 5.89. The van der Waals surface area contributed by atoms with Crippen molar-refractivity contribution in [1.82, 2.24) is 15.1 Å². The number of aliphatic carboxylic acids is 1. The molecule has 3 aromatic rings. The summed E-state index contributed by atoms with van der Waals surface area (Å²) in [4.78, 5) is 53.1. The first kappa shape index (κ1) is 33.5. The molecule has 1 heterocycles. The van der Waals surface area contributed by atoms with Crippen LogP contribution < -0.4 is 10.1 Å². The molecule has 0 aromatic heterocycles. The summed E-state index contributed by atoms with van der Waals surface area (Å²) >= 11 is 0. The number of esters is 1. The molecule has 5 rings (SSSR count). The van der Waals surface area contributed by atoms with Crippen LogP contribution in [-0.2, 0) is 30.3 Å². The number of nitrogens with one attached hydrogen (secondary N) is 1. The van der Waals surface area contributed by atoms with Crippen molar-refractivity contribution < 1.29 is 38.5 Å². The summed E-state index contributed by atoms with van der Waals surface area (Å²) in [5, 5.41) is 12.3. The van der Waals surface area contributed by atoms with Crippen LogP contribution >= 0.6 is 0 Å². The molecular formula is C36H41N3O8. The van der Waals surface area contributed by atoms with Crippen LogP contribution in [0.15, 0.2) is 72.8 Å². The fraction of sp³-hybridized carbons (Fsp3) is 0.389. The van der Waals surface area contributed by atoms with Gasteiger partial charge in [-0.3, -0.25) is 14.5 Å². The van der Waals surface area contributed by atoms with Gasteiger partial charge in [-0.25, -0.2) is 9.59 Å². The number of ether oxygens (including phenoxy) is 3. The van der Waals surface area contributed by atoms with E-state index in [0.717, 1.165) is 22.3 Å². The van der Waals surface area contributed by atoms with Gasteiger partial charge >= 0.3 is 18.0 Å². The molecular weight excluding hydrogens is 602 g/mol. The summed E-state index contributed by atoms with van der Waals surface area (Å²) in [6, 6.07) is 21.5. The first-order valence-electron chi connectivity index (χ1n) is 15.7. The number of carboxylic acid groups (broad SMARTS) is 1. The Labute approximate surface area is 274 Å². The number of piperazine rings is 1. The Balaban J connectivity index is 1.06. The van der Waals surface area contributed by atoms with E-state index in [0.29, 0.717) is 37.5 Å². The van der Waals surface area contributed by atoms with Gasteiger partial charge in [0.15, 0.2) is 6.61 Å². The lowest BCUT2D eigenvalue weighted by Crippen LogP contribution is -2.51. The Kier molecular flexibility index (Phi) is 10.5. The van der Waals surface area contributed by atoms with Gasteiger partial charge in [0.1, 0.15) is 24.0 Å². The maximum Gasteiger partial charge on any atom is 0.407 e. The van der Waals surface area contributed by atoms with E-state index in [1.165, 1.54) is 0 Å². The lowest BCUT2D eigenvalue weighted by Gasteiger charge is -2.34. The topological polar surface area (TPSA) is 135 Å². The number of hydrogen-bond acceptors (Lipinski definition) is 8. The zero-order chi connectivity index (χ0) is 33.6. The Hall–Kier alpha value is -4.90. The van der Waals surface area contributed by atoms with E-state index in [1.807, 2.05) is 74.2 Å². The van der Waals surface area contributed by atoms with Crippen molar-refractivity contribution in [3.05, 3.63) is 89.5 Å². The average Bonchev–Trinajstić information content (AvgIpc) is 3.36. The van der Waals surface area contributed by atoms with Crippen molar-refractivity contribution in [2.45, 2.75) is 44.8 Å². The van der Waals surface area contributed by atoms with Gasteiger partial charge in [-0.15, -0.1) is 0 Å². The minimum absolute atomic E-state index is 0.0340. The van der Waals surface area contributed by atoms with Crippen molar-refractivity contribution in [3.8, 4) is 16.9 Å². The molecule has 3 aromatic carbocycles. The molecule has 1 aliphatic carbocycles. The molecule has 1 atom stereocenters. The molecule has 0 unspecified atom stereocenters. The minimum atomic E-state index is -1.20. The number of nitrogens with zero attached hydrogens (tertiary/aromatic N) is 2. The highest BCUT2D eigenvalue weighted by Gasteiger charge is 2.30. The molecule has 0 saturated carbocycles. The van der Waals surface area contributed by atoms with Gasteiger partial charge in [0.25, 0.3) is 5.91 Å². The van der Waals surface area contributed by atoms with Crippen molar-refractivity contribution in [2.24, 2.45) is 0 Å². The van der Waals surface area contributed by atoms with Gasteiger partial charge in [0, 0.05) is 38.5 Å². The van der Waals surface area contributed by atoms with Crippen molar-refractivity contribution in [3.63, 3.8) is 0 Å². The Morgan fingerprint density at radius 1 is 0.872 bits per heavy atom. The summed E-state index contributed by atoms with van der Waals surface area (Å²) in [5.74, 6) is -1.31. The molecule has 1 saturated heterocycles. The normalized spacial score (nSPS) is 15.3. The van der Waals surface area contributed by atoms with Gasteiger partial charge in [-0.05, 0) is 60.7 Å². The molecule has 248 valence electrons. The molecule has 47 heavy (non-hydrogen) atoms. The Morgan fingerprint density at radius 2 is 1.47 bits per heavy atom. The van der Waals surface area contributed by atoms with Crippen LogP contribution in [0, 0.1) is 0 Å². The van der Waals surface area contributed by atoms with Crippen LogP contribution in [-0.4, -0.2) is 96.4 Å². The highest BCUT2D eigenvalue weighted by atomic mass is 16.6. The Bertz CT molecular complexity index is 1550. The second-order valence-electron chi connectivity index (χ2n) is 12.7. The van der Waals surface area contributed by atoms with E-state index in [4.69, 9.17) is 14.2 Å². The predicted octanol–water partition coefficient (Wildman–Crippen LogP) is 4.09. The zero-order valence-electron chi connectivity index (χ0n) is 26.9. The number of rotatable bonds is 11. The van der Waals surface area contributed by atoms with Crippen LogP contribution in [0.1, 0.15) is 43.4 Å². The maximum absolute atomic E-state index is 12.7. The first-order chi connectivity index (χ1) is 22.5. The number of carbonyl (C=O) groups excluding carboxylic acids is 3. The summed E-state index contributed by atoms with van der Waals surface area (Å²) in [7, 11) is 0. The summed E-state index contributed by atoms with van der Waals surface area (Å²) < 4.78 is 16.6. The number of alkyl carbamates (subject to hydrolysis) is 1. The third kappa shape index (κ3) is 8.88. The van der Waals surface area contributed by atoms with Crippen LogP contribution in [0.3, 0.4) is 0 Å². The zero-order valence-corrected chi connectivity index (χ0v) is 26.9. The lowest BCUT2D eigenvalue weighted by atomic mass is 9.98. The van der Waals surface area contributed by atoms with Gasteiger partial charge in [-0.2, -0.15) is 0 Å². The van der Waals surface area contributed by atoms with E-state index in [2.05, 4.69) is 5.32 Å². The third-order valence-corrected chi connectivity index (χ3v) is 8.16. The number of benzene rings is 3. The molecule has 2 N–H and O–H groups in total. The molecule has 0 bridgehead atoms. The largest absolute Gasteiger partial charge is 0.484 e. The first-order valence-corrected chi connectivity index (χ1v) is 15.7. The molecule has 1 fully saturated rings. The number of carbonyl (C=O) groups is 4. The van der Waals surface area contributed by atoms with Gasteiger partial charge in [-0.1, -0.05) is 60.7 Å². The number of fused-ring (bicyclic) bond motifs is 3. The quantitative estimate of drug-likeness (QED) is 0.297. The van der Waals surface area contributed by atoms with Crippen molar-refractivity contribution >= 4 is 23.9 Å². The predicted molar refractivity (Wildman–Crippen MR) is 174 cm³/mol. The fourth-order valence-electron chi connectivity index (χ4n) is 5.89. The number of amides is 2. The maximum atomic E-state index is 12.7. The highest BCUT2D eigenvalue weighted by molar-refractivity contribution is 5.81. The van der Waals surface area contributed by atoms with Crippen LogP contribution in [0.5, 0.6) is 5.75 Å². The SMILES string of the molecule is CC(C)(C)OC(=O)CN1CCN(C(=O)COc2ccc(C[C@H](NC(=O)OCC3c4ccccc4-c4ccccc43)C(=O)O)cc2)CC1. The summed E-state index contributed by atoms with van der Waals surface area (Å²) in [6.07, 6.45) is -0.768. The van der Waals surface area contributed by atoms with Crippen LogP contribution in [0.2, 0.25) is 0 Å². The van der Waals surface area contributed by atoms with Crippen LogP contribution in [0.4, 0.5) is 4.79 Å². The number of hydrogen-bond donors (Lipinski definition) is 2. The van der Waals surface area contributed by atoms with Crippen LogP contribution in [0.25, 0.3) is 11.1 Å². The second kappa shape index (κ2) is 14.7. The van der Waals surface area contributed by atoms with E-state index < -0.39 is 23.7 Å².